The van der Waals surface area contributed by atoms with E-state index >= 15 is 0 Å². The van der Waals surface area contributed by atoms with Crippen molar-refractivity contribution in [3.63, 3.8) is 0 Å². The summed E-state index contributed by atoms with van der Waals surface area (Å²) in [5.41, 5.74) is 4.03. The number of amides is 2. The molecular weight excluding hydrogens is 479 g/mol. The largest absolute Gasteiger partial charge is 0.343 e. The van der Waals surface area contributed by atoms with Crippen molar-refractivity contribution in [3.05, 3.63) is 102 Å². The molecule has 6 rings (SSSR count). The van der Waals surface area contributed by atoms with Crippen LogP contribution in [-0.4, -0.2) is 38.9 Å². The molecule has 38 heavy (non-hydrogen) atoms. The van der Waals surface area contributed by atoms with Crippen LogP contribution in [0.15, 0.2) is 79.1 Å². The van der Waals surface area contributed by atoms with Crippen molar-refractivity contribution in [2.24, 2.45) is 0 Å². The molecule has 2 aliphatic rings. The number of fused-ring (bicyclic) bond motifs is 1. The maximum atomic E-state index is 15.0. The molecule has 7 heteroatoms. The number of rotatable bonds is 7. The van der Waals surface area contributed by atoms with Gasteiger partial charge in [0.05, 0.1) is 23.4 Å². The van der Waals surface area contributed by atoms with E-state index in [9.17, 15) is 14.0 Å². The second-order valence-corrected chi connectivity index (χ2v) is 10.4. The van der Waals surface area contributed by atoms with E-state index in [1.54, 1.807) is 17.3 Å². The molecule has 1 aromatic heterocycles. The first kappa shape index (κ1) is 24.3. The minimum absolute atomic E-state index is 0.109. The number of nitrogens with zero attached hydrogens (tertiary/aromatic N) is 3. The van der Waals surface area contributed by atoms with Crippen LogP contribution in [-0.2, 0) is 9.59 Å². The summed E-state index contributed by atoms with van der Waals surface area (Å²) in [6.07, 6.45) is 5.07. The zero-order chi connectivity index (χ0) is 26.2. The van der Waals surface area contributed by atoms with Crippen molar-refractivity contribution in [3.8, 4) is 0 Å². The van der Waals surface area contributed by atoms with Gasteiger partial charge in [0.15, 0.2) is 0 Å². The standard InChI is InChI=1S/C31H31FN4O2/c1-20(36-19-33-26-10-5-6-11-27(26)36)31(38)35-17-7-12-28(35)30(37)34-29(22-8-3-2-4-9-22)23-15-16-24(21-13-14-21)25(32)18-23/h2-6,8-11,15-16,18-21,28-29H,7,12-14,17H2,1H3,(H,34,37)/t20?,28-,29-/m0/s1. The van der Waals surface area contributed by atoms with E-state index < -0.39 is 18.1 Å². The predicted molar refractivity (Wildman–Crippen MR) is 144 cm³/mol. The molecule has 1 unspecified atom stereocenters. The van der Waals surface area contributed by atoms with E-state index in [1.807, 2.05) is 78.2 Å². The highest BCUT2D eigenvalue weighted by molar-refractivity contribution is 5.91. The minimum atomic E-state index is -0.582. The Balaban J connectivity index is 1.24. The minimum Gasteiger partial charge on any atom is -0.343 e. The summed E-state index contributed by atoms with van der Waals surface area (Å²) in [5, 5.41) is 3.15. The van der Waals surface area contributed by atoms with Crippen molar-refractivity contribution in [2.45, 2.75) is 56.7 Å². The Morgan fingerprint density at radius 2 is 1.74 bits per heavy atom. The number of halogens is 1. The Labute approximate surface area is 221 Å². The lowest BCUT2D eigenvalue weighted by Crippen LogP contribution is -2.48. The smallest absolute Gasteiger partial charge is 0.246 e. The van der Waals surface area contributed by atoms with E-state index in [-0.39, 0.29) is 17.6 Å². The Kier molecular flexibility index (Phi) is 6.44. The summed E-state index contributed by atoms with van der Waals surface area (Å²) in [4.78, 5) is 33.4. The third-order valence-corrected chi connectivity index (χ3v) is 7.89. The number of hydrogen-bond donors (Lipinski definition) is 1. The highest BCUT2D eigenvalue weighted by atomic mass is 19.1. The van der Waals surface area contributed by atoms with Crippen LogP contribution in [0.25, 0.3) is 11.0 Å². The van der Waals surface area contributed by atoms with Gasteiger partial charge >= 0.3 is 0 Å². The van der Waals surface area contributed by atoms with Crippen LogP contribution >= 0.6 is 0 Å². The molecular formula is C31H31FN4O2. The van der Waals surface area contributed by atoms with Gasteiger partial charge < -0.3 is 14.8 Å². The normalized spacial score (nSPS) is 18.9. The van der Waals surface area contributed by atoms with E-state index in [4.69, 9.17) is 0 Å². The second-order valence-electron chi connectivity index (χ2n) is 10.4. The van der Waals surface area contributed by atoms with E-state index in [0.717, 1.165) is 41.4 Å². The highest BCUT2D eigenvalue weighted by Gasteiger charge is 2.38. The topological polar surface area (TPSA) is 67.2 Å². The fourth-order valence-electron chi connectivity index (χ4n) is 5.64. The number of nitrogens with one attached hydrogen (secondary N) is 1. The average molecular weight is 511 g/mol. The molecule has 2 amide bonds. The Morgan fingerprint density at radius 3 is 2.50 bits per heavy atom. The summed E-state index contributed by atoms with van der Waals surface area (Å²) in [6, 6.07) is 21.0. The van der Waals surface area contributed by atoms with Crippen molar-refractivity contribution < 1.29 is 14.0 Å². The third-order valence-electron chi connectivity index (χ3n) is 7.89. The molecule has 1 aliphatic carbocycles. The van der Waals surface area contributed by atoms with Crippen molar-refractivity contribution >= 4 is 22.8 Å². The molecule has 3 atom stereocenters. The first-order valence-electron chi connectivity index (χ1n) is 13.4. The van der Waals surface area contributed by atoms with Crippen molar-refractivity contribution in [2.75, 3.05) is 6.54 Å². The van der Waals surface area contributed by atoms with Gasteiger partial charge in [-0.25, -0.2) is 9.37 Å². The molecule has 1 saturated carbocycles. The van der Waals surface area contributed by atoms with Gasteiger partial charge in [0.2, 0.25) is 11.8 Å². The molecule has 1 saturated heterocycles. The summed E-state index contributed by atoms with van der Waals surface area (Å²) >= 11 is 0. The lowest BCUT2D eigenvalue weighted by Gasteiger charge is -2.29. The zero-order valence-corrected chi connectivity index (χ0v) is 21.4. The average Bonchev–Trinajstić information content (AvgIpc) is 3.50. The lowest BCUT2D eigenvalue weighted by atomic mass is 9.96. The summed E-state index contributed by atoms with van der Waals surface area (Å²) in [7, 11) is 0. The Morgan fingerprint density at radius 1 is 0.974 bits per heavy atom. The van der Waals surface area contributed by atoms with Gasteiger partial charge in [0, 0.05) is 6.54 Å². The monoisotopic (exact) mass is 510 g/mol. The van der Waals surface area contributed by atoms with Gasteiger partial charge in [-0.1, -0.05) is 54.6 Å². The molecule has 0 radical (unpaired) electrons. The molecule has 1 N–H and O–H groups in total. The van der Waals surface area contributed by atoms with Crippen molar-refractivity contribution in [1.82, 2.24) is 19.8 Å². The van der Waals surface area contributed by atoms with Crippen LogP contribution in [0.2, 0.25) is 0 Å². The number of carbonyl (C=O) groups excluding carboxylic acids is 2. The third kappa shape index (κ3) is 4.57. The second kappa shape index (κ2) is 10.0. The number of para-hydroxylation sites is 2. The molecule has 2 heterocycles. The summed E-state index contributed by atoms with van der Waals surface area (Å²) in [5.74, 6) is -0.248. The lowest BCUT2D eigenvalue weighted by molar-refractivity contribution is -0.140. The number of imidazole rings is 1. The van der Waals surface area contributed by atoms with Gasteiger partial charge in [-0.05, 0) is 73.4 Å². The van der Waals surface area contributed by atoms with Crippen LogP contribution in [0.4, 0.5) is 4.39 Å². The SMILES string of the molecule is CC(C(=O)N1CCC[C@H]1C(=O)N[C@@H](c1ccccc1)c1ccc(C2CC2)c(F)c1)n1cnc2ccccc21. The van der Waals surface area contributed by atoms with Crippen LogP contribution < -0.4 is 5.32 Å². The predicted octanol–water partition coefficient (Wildman–Crippen LogP) is 5.51. The first-order valence-corrected chi connectivity index (χ1v) is 13.4. The van der Waals surface area contributed by atoms with E-state index in [2.05, 4.69) is 10.3 Å². The zero-order valence-electron chi connectivity index (χ0n) is 21.4. The Bertz CT molecular complexity index is 1480. The van der Waals surface area contributed by atoms with Crippen LogP contribution in [0.5, 0.6) is 0 Å². The molecule has 6 nitrogen and oxygen atoms in total. The van der Waals surface area contributed by atoms with Crippen LogP contribution in [0.3, 0.4) is 0 Å². The first-order chi connectivity index (χ1) is 18.5. The number of benzene rings is 3. The maximum absolute atomic E-state index is 15.0. The summed E-state index contributed by atoms with van der Waals surface area (Å²) < 4.78 is 16.8. The fourth-order valence-corrected chi connectivity index (χ4v) is 5.64. The van der Waals surface area contributed by atoms with Gasteiger partial charge in [-0.15, -0.1) is 0 Å². The van der Waals surface area contributed by atoms with Gasteiger partial charge in [0.1, 0.15) is 17.9 Å². The number of hydrogen-bond acceptors (Lipinski definition) is 3. The molecule has 0 spiro atoms. The molecule has 0 bridgehead atoms. The molecule has 194 valence electrons. The molecule has 3 aromatic carbocycles. The summed E-state index contributed by atoms with van der Waals surface area (Å²) in [6.45, 7) is 2.37. The fraction of sp³-hybridized carbons (Fsp3) is 0.323. The molecule has 4 aromatic rings. The molecule has 2 fully saturated rings. The van der Waals surface area contributed by atoms with Gasteiger partial charge in [-0.2, -0.15) is 0 Å². The van der Waals surface area contributed by atoms with Gasteiger partial charge in [-0.3, -0.25) is 9.59 Å². The number of likely N-dealkylation sites (tertiary alicyclic amines) is 1. The number of carbonyl (C=O) groups is 2. The number of aromatic nitrogens is 2. The van der Waals surface area contributed by atoms with Crippen LogP contribution in [0.1, 0.15) is 67.3 Å². The van der Waals surface area contributed by atoms with Gasteiger partial charge in [0.25, 0.3) is 0 Å². The van der Waals surface area contributed by atoms with Crippen LogP contribution in [0, 0.1) is 5.82 Å². The van der Waals surface area contributed by atoms with E-state index in [1.165, 1.54) is 0 Å². The van der Waals surface area contributed by atoms with Crippen molar-refractivity contribution in [1.29, 1.82) is 0 Å². The molecule has 1 aliphatic heterocycles. The van der Waals surface area contributed by atoms with E-state index in [0.29, 0.717) is 24.4 Å². The maximum Gasteiger partial charge on any atom is 0.246 e. The quantitative estimate of drug-likeness (QED) is 0.357. The highest BCUT2D eigenvalue weighted by Crippen LogP contribution is 2.42. The Hall–Kier alpha value is -4.00.